The van der Waals surface area contributed by atoms with Crippen molar-refractivity contribution in [1.29, 1.82) is 0 Å². The van der Waals surface area contributed by atoms with E-state index in [9.17, 15) is 14.4 Å². The summed E-state index contributed by atoms with van der Waals surface area (Å²) in [7, 11) is 1.14. The zero-order chi connectivity index (χ0) is 12.6. The Kier molecular flexibility index (Phi) is 2.71. The van der Waals surface area contributed by atoms with Crippen molar-refractivity contribution in [3.05, 3.63) is 33.7 Å². The van der Waals surface area contributed by atoms with Crippen molar-refractivity contribution in [3.63, 3.8) is 0 Å². The van der Waals surface area contributed by atoms with E-state index in [1.165, 1.54) is 10.8 Å². The van der Waals surface area contributed by atoms with Gasteiger partial charge in [0.15, 0.2) is 0 Å². The maximum Gasteiger partial charge on any atom is 0.338 e. The highest BCUT2D eigenvalue weighted by atomic mass is 16.5. The first kappa shape index (κ1) is 11.4. The van der Waals surface area contributed by atoms with Crippen LogP contribution >= 0.6 is 0 Å². The van der Waals surface area contributed by atoms with Gasteiger partial charge >= 0.3 is 11.9 Å². The molecule has 1 saturated carbocycles. The SMILES string of the molecule is COC(=O)c1cc(=O)n(C2CC2)cc1C(=O)O. The first-order valence-corrected chi connectivity index (χ1v) is 5.12. The minimum absolute atomic E-state index is 0.0623. The largest absolute Gasteiger partial charge is 0.478 e. The third-order valence-electron chi connectivity index (χ3n) is 2.66. The van der Waals surface area contributed by atoms with Crippen LogP contribution in [0.4, 0.5) is 0 Å². The van der Waals surface area contributed by atoms with Crippen LogP contribution in [0.25, 0.3) is 0 Å². The van der Waals surface area contributed by atoms with Crippen LogP contribution in [0.2, 0.25) is 0 Å². The molecule has 1 aromatic rings. The molecule has 1 fully saturated rings. The van der Waals surface area contributed by atoms with Gasteiger partial charge < -0.3 is 14.4 Å². The number of carboxylic acid groups (broad SMARTS) is 1. The van der Waals surface area contributed by atoms with Gasteiger partial charge in [0.2, 0.25) is 0 Å². The van der Waals surface area contributed by atoms with Crippen molar-refractivity contribution < 1.29 is 19.4 Å². The van der Waals surface area contributed by atoms with Gasteiger partial charge in [-0.1, -0.05) is 0 Å². The minimum Gasteiger partial charge on any atom is -0.478 e. The summed E-state index contributed by atoms with van der Waals surface area (Å²) in [6.07, 6.45) is 2.93. The molecule has 1 heterocycles. The van der Waals surface area contributed by atoms with Crippen molar-refractivity contribution in [3.8, 4) is 0 Å². The first-order chi connectivity index (χ1) is 8.04. The lowest BCUT2D eigenvalue weighted by Crippen LogP contribution is -2.23. The number of aromatic carboxylic acids is 1. The molecule has 90 valence electrons. The van der Waals surface area contributed by atoms with Crippen LogP contribution in [-0.2, 0) is 4.74 Å². The van der Waals surface area contributed by atoms with Gasteiger partial charge in [-0.15, -0.1) is 0 Å². The van der Waals surface area contributed by atoms with E-state index in [4.69, 9.17) is 5.11 Å². The second-order valence-corrected chi connectivity index (χ2v) is 3.87. The molecular weight excluding hydrogens is 226 g/mol. The molecule has 0 bridgehead atoms. The third kappa shape index (κ3) is 2.06. The standard InChI is InChI=1S/C11H11NO5/c1-17-11(16)7-4-9(13)12(6-2-3-6)5-8(7)10(14)15/h4-6H,2-3H2,1H3,(H,14,15). The normalized spacial score (nSPS) is 14.4. The maximum absolute atomic E-state index is 11.7. The summed E-state index contributed by atoms with van der Waals surface area (Å²) in [5.74, 6) is -2.07. The van der Waals surface area contributed by atoms with Gasteiger partial charge in [-0.05, 0) is 12.8 Å². The fourth-order valence-electron chi connectivity index (χ4n) is 1.64. The van der Waals surface area contributed by atoms with Crippen LogP contribution in [0.15, 0.2) is 17.1 Å². The average molecular weight is 237 g/mol. The number of carboxylic acids is 1. The summed E-state index contributed by atoms with van der Waals surface area (Å²) >= 11 is 0. The number of methoxy groups -OCH3 is 1. The number of pyridine rings is 1. The molecule has 6 heteroatoms. The number of rotatable bonds is 3. The molecule has 0 aliphatic heterocycles. The Bertz CT molecular complexity index is 541. The lowest BCUT2D eigenvalue weighted by Gasteiger charge is -2.08. The molecule has 1 aliphatic carbocycles. The number of hydrogen-bond donors (Lipinski definition) is 1. The number of carbonyl (C=O) groups is 2. The van der Waals surface area contributed by atoms with Gasteiger partial charge in [0.25, 0.3) is 5.56 Å². The van der Waals surface area contributed by atoms with Crippen LogP contribution in [0.5, 0.6) is 0 Å². The molecule has 0 saturated heterocycles. The molecule has 0 spiro atoms. The number of hydrogen-bond acceptors (Lipinski definition) is 4. The van der Waals surface area contributed by atoms with Gasteiger partial charge in [0, 0.05) is 18.3 Å². The lowest BCUT2D eigenvalue weighted by atomic mass is 10.1. The fourth-order valence-corrected chi connectivity index (χ4v) is 1.64. The molecule has 1 aromatic heterocycles. The van der Waals surface area contributed by atoms with E-state index in [1.807, 2.05) is 0 Å². The Morgan fingerprint density at radius 2 is 2.06 bits per heavy atom. The summed E-state index contributed by atoms with van der Waals surface area (Å²) in [5, 5.41) is 9.00. The zero-order valence-corrected chi connectivity index (χ0v) is 9.17. The number of nitrogens with zero attached hydrogens (tertiary/aromatic N) is 1. The van der Waals surface area contributed by atoms with E-state index >= 15 is 0 Å². The van der Waals surface area contributed by atoms with Crippen LogP contribution in [-0.4, -0.2) is 28.7 Å². The van der Waals surface area contributed by atoms with Crippen molar-refractivity contribution >= 4 is 11.9 Å². The molecular formula is C11H11NO5. The van der Waals surface area contributed by atoms with E-state index < -0.39 is 11.9 Å². The molecule has 0 unspecified atom stereocenters. The van der Waals surface area contributed by atoms with Gasteiger partial charge in [-0.25, -0.2) is 9.59 Å². The highest BCUT2D eigenvalue weighted by Gasteiger charge is 2.27. The number of esters is 1. The molecule has 1 aliphatic rings. The van der Waals surface area contributed by atoms with E-state index in [0.29, 0.717) is 0 Å². The van der Waals surface area contributed by atoms with Gasteiger partial charge in [-0.3, -0.25) is 4.79 Å². The van der Waals surface area contributed by atoms with Gasteiger partial charge in [-0.2, -0.15) is 0 Å². The van der Waals surface area contributed by atoms with E-state index in [-0.39, 0.29) is 22.7 Å². The highest BCUT2D eigenvalue weighted by molar-refractivity contribution is 6.02. The second kappa shape index (κ2) is 4.04. The third-order valence-corrected chi connectivity index (χ3v) is 2.66. The summed E-state index contributed by atoms with van der Waals surface area (Å²) in [6, 6.07) is 1.08. The monoisotopic (exact) mass is 237 g/mol. The van der Waals surface area contributed by atoms with Gasteiger partial charge in [0.1, 0.15) is 0 Å². The fraction of sp³-hybridized carbons (Fsp3) is 0.364. The molecule has 6 nitrogen and oxygen atoms in total. The zero-order valence-electron chi connectivity index (χ0n) is 9.17. The Hall–Kier alpha value is -2.11. The number of ether oxygens (including phenoxy) is 1. The quantitative estimate of drug-likeness (QED) is 0.781. The van der Waals surface area contributed by atoms with Crippen molar-refractivity contribution in [2.24, 2.45) is 0 Å². The molecule has 0 aromatic carbocycles. The average Bonchev–Trinajstić information content (AvgIpc) is 3.11. The van der Waals surface area contributed by atoms with Crippen molar-refractivity contribution in [1.82, 2.24) is 4.57 Å². The van der Waals surface area contributed by atoms with Crippen LogP contribution in [0, 0.1) is 0 Å². The van der Waals surface area contributed by atoms with E-state index in [1.54, 1.807) is 0 Å². The van der Waals surface area contributed by atoms with Crippen molar-refractivity contribution in [2.45, 2.75) is 18.9 Å². The highest BCUT2D eigenvalue weighted by Crippen LogP contribution is 2.33. The number of carbonyl (C=O) groups excluding carboxylic acids is 1. The first-order valence-electron chi connectivity index (χ1n) is 5.12. The molecule has 1 N–H and O–H groups in total. The number of aromatic nitrogens is 1. The summed E-state index contributed by atoms with van der Waals surface area (Å²) in [4.78, 5) is 34.1. The maximum atomic E-state index is 11.7. The molecule has 2 rings (SSSR count). The lowest BCUT2D eigenvalue weighted by molar-refractivity contribution is 0.0581. The summed E-state index contributed by atoms with van der Waals surface area (Å²) in [6.45, 7) is 0. The topological polar surface area (TPSA) is 85.6 Å². The molecule has 0 amide bonds. The van der Waals surface area contributed by atoms with Crippen LogP contribution in [0.1, 0.15) is 39.6 Å². The van der Waals surface area contributed by atoms with E-state index in [2.05, 4.69) is 4.74 Å². The Morgan fingerprint density at radius 1 is 1.41 bits per heavy atom. The Labute approximate surface area is 96.4 Å². The predicted octanol–water partition coefficient (Wildman–Crippen LogP) is 0.668. The van der Waals surface area contributed by atoms with E-state index in [0.717, 1.165) is 26.0 Å². The summed E-state index contributed by atoms with van der Waals surface area (Å²) < 4.78 is 5.80. The summed E-state index contributed by atoms with van der Waals surface area (Å²) in [5.41, 5.74) is -0.789. The minimum atomic E-state index is -1.25. The van der Waals surface area contributed by atoms with Gasteiger partial charge in [0.05, 0.1) is 18.2 Å². The molecule has 17 heavy (non-hydrogen) atoms. The van der Waals surface area contributed by atoms with Crippen LogP contribution < -0.4 is 5.56 Å². The predicted molar refractivity (Wildman–Crippen MR) is 57.3 cm³/mol. The molecule has 0 radical (unpaired) electrons. The molecule has 0 atom stereocenters. The Morgan fingerprint density at radius 3 is 2.53 bits per heavy atom. The smallest absolute Gasteiger partial charge is 0.338 e. The Balaban J connectivity index is 2.59. The van der Waals surface area contributed by atoms with Crippen LogP contribution in [0.3, 0.4) is 0 Å². The second-order valence-electron chi connectivity index (χ2n) is 3.87. The van der Waals surface area contributed by atoms with Crippen molar-refractivity contribution in [2.75, 3.05) is 7.11 Å².